The summed E-state index contributed by atoms with van der Waals surface area (Å²) in [5, 5.41) is 12.1. The number of ether oxygens (including phenoxy) is 2. The molecule has 0 spiro atoms. The lowest BCUT2D eigenvalue weighted by molar-refractivity contribution is -0.112. The van der Waals surface area contributed by atoms with E-state index in [2.05, 4.69) is 27.9 Å². The van der Waals surface area contributed by atoms with Crippen LogP contribution >= 0.6 is 22.6 Å². The van der Waals surface area contributed by atoms with E-state index >= 15 is 0 Å². The van der Waals surface area contributed by atoms with Gasteiger partial charge < -0.3 is 14.8 Å². The Bertz CT molecular complexity index is 1160. The number of nitrogens with one attached hydrogen (secondary N) is 1. The summed E-state index contributed by atoms with van der Waals surface area (Å²) >= 11 is 2.17. The van der Waals surface area contributed by atoms with Gasteiger partial charge in [0.2, 0.25) is 0 Å². The van der Waals surface area contributed by atoms with E-state index < -0.39 is 11.9 Å². The van der Waals surface area contributed by atoms with Crippen LogP contribution in [0.25, 0.3) is 6.08 Å². The molecule has 0 saturated carbocycles. The van der Waals surface area contributed by atoms with Gasteiger partial charge in [0.25, 0.3) is 5.91 Å². The second-order valence-electron chi connectivity index (χ2n) is 6.32. The SMILES string of the molecule is COc1ccc(C(=O)Oc2cccc(/C=C(\C#N)C(=O)Nc3ccc(I)cc3)c2)cc1. The first-order valence-electron chi connectivity index (χ1n) is 9.13. The molecule has 0 radical (unpaired) electrons. The molecule has 0 aliphatic heterocycles. The summed E-state index contributed by atoms with van der Waals surface area (Å²) < 4.78 is 11.5. The fourth-order valence-electron chi connectivity index (χ4n) is 2.61. The van der Waals surface area contributed by atoms with Gasteiger partial charge in [0.1, 0.15) is 23.1 Å². The minimum Gasteiger partial charge on any atom is -0.497 e. The maximum Gasteiger partial charge on any atom is 0.343 e. The highest BCUT2D eigenvalue weighted by atomic mass is 127. The Labute approximate surface area is 193 Å². The van der Waals surface area contributed by atoms with Gasteiger partial charge in [0.05, 0.1) is 12.7 Å². The van der Waals surface area contributed by atoms with E-state index in [1.54, 1.807) is 67.8 Å². The molecule has 0 saturated heterocycles. The van der Waals surface area contributed by atoms with Crippen molar-refractivity contribution in [3.63, 3.8) is 0 Å². The third kappa shape index (κ3) is 6.17. The minimum atomic E-state index is -0.527. The molecule has 31 heavy (non-hydrogen) atoms. The second kappa shape index (κ2) is 10.4. The maximum absolute atomic E-state index is 12.4. The van der Waals surface area contributed by atoms with Crippen molar-refractivity contribution in [2.45, 2.75) is 0 Å². The van der Waals surface area contributed by atoms with Crippen molar-refractivity contribution in [2.75, 3.05) is 12.4 Å². The molecule has 3 rings (SSSR count). The molecule has 0 fully saturated rings. The highest BCUT2D eigenvalue weighted by molar-refractivity contribution is 14.1. The Kier molecular flexibility index (Phi) is 7.40. The number of rotatable bonds is 6. The van der Waals surface area contributed by atoms with Crippen LogP contribution in [0.3, 0.4) is 0 Å². The van der Waals surface area contributed by atoms with Gasteiger partial charge in [0.15, 0.2) is 0 Å². The normalized spacial score (nSPS) is 10.7. The number of esters is 1. The fraction of sp³-hybridized carbons (Fsp3) is 0.0417. The van der Waals surface area contributed by atoms with Crippen LogP contribution in [0.4, 0.5) is 5.69 Å². The number of nitrogens with zero attached hydrogens (tertiary/aromatic N) is 1. The predicted octanol–water partition coefficient (Wildman–Crippen LogP) is 5.06. The maximum atomic E-state index is 12.4. The van der Waals surface area contributed by atoms with Gasteiger partial charge >= 0.3 is 5.97 Å². The highest BCUT2D eigenvalue weighted by Crippen LogP contribution is 2.19. The molecule has 0 bridgehead atoms. The summed E-state index contributed by atoms with van der Waals surface area (Å²) in [7, 11) is 1.54. The molecule has 0 atom stereocenters. The summed E-state index contributed by atoms with van der Waals surface area (Å²) in [6.07, 6.45) is 1.44. The van der Waals surface area contributed by atoms with Crippen LogP contribution < -0.4 is 14.8 Å². The molecule has 1 N–H and O–H groups in total. The van der Waals surface area contributed by atoms with Crippen LogP contribution in [0.15, 0.2) is 78.4 Å². The number of carbonyl (C=O) groups is 2. The third-order valence-electron chi connectivity index (χ3n) is 4.17. The zero-order valence-corrected chi connectivity index (χ0v) is 18.6. The van der Waals surface area contributed by atoms with Crippen molar-refractivity contribution >= 4 is 46.2 Å². The molecule has 154 valence electrons. The topological polar surface area (TPSA) is 88.4 Å². The van der Waals surface area contributed by atoms with E-state index in [1.165, 1.54) is 6.08 Å². The number of hydrogen-bond acceptors (Lipinski definition) is 5. The number of halogens is 1. The van der Waals surface area contributed by atoms with Crippen LogP contribution in [-0.2, 0) is 4.79 Å². The smallest absolute Gasteiger partial charge is 0.343 e. The molecule has 0 aromatic heterocycles. The van der Waals surface area contributed by atoms with Gasteiger partial charge in [-0.15, -0.1) is 0 Å². The number of amides is 1. The lowest BCUT2D eigenvalue weighted by Gasteiger charge is -2.07. The molecular formula is C24H17IN2O4. The Morgan fingerprint density at radius 1 is 1.00 bits per heavy atom. The summed E-state index contributed by atoms with van der Waals surface area (Å²) in [5.74, 6) is -0.119. The molecule has 6 nitrogen and oxygen atoms in total. The third-order valence-corrected chi connectivity index (χ3v) is 4.89. The molecule has 7 heteroatoms. The van der Waals surface area contributed by atoms with Crippen molar-refractivity contribution in [2.24, 2.45) is 0 Å². The molecule has 0 heterocycles. The second-order valence-corrected chi connectivity index (χ2v) is 7.57. The van der Waals surface area contributed by atoms with E-state index in [9.17, 15) is 14.9 Å². The Morgan fingerprint density at radius 2 is 1.71 bits per heavy atom. The molecular weight excluding hydrogens is 507 g/mol. The van der Waals surface area contributed by atoms with E-state index in [1.807, 2.05) is 18.2 Å². The average molecular weight is 524 g/mol. The molecule has 3 aromatic carbocycles. The van der Waals surface area contributed by atoms with Crippen LogP contribution in [0.2, 0.25) is 0 Å². The highest BCUT2D eigenvalue weighted by Gasteiger charge is 2.12. The molecule has 3 aromatic rings. The first-order valence-corrected chi connectivity index (χ1v) is 10.2. The standard InChI is InChI=1S/C24H17IN2O4/c1-30-21-11-5-17(6-12-21)24(29)31-22-4-2-3-16(14-22)13-18(15-26)23(28)27-20-9-7-19(25)8-10-20/h2-14H,1H3,(H,27,28)/b18-13+. The zero-order chi connectivity index (χ0) is 22.2. The van der Waals surface area contributed by atoms with Gasteiger partial charge in [-0.2, -0.15) is 5.26 Å². The van der Waals surface area contributed by atoms with Crippen LogP contribution in [0, 0.1) is 14.9 Å². The van der Waals surface area contributed by atoms with Gasteiger partial charge in [0, 0.05) is 9.26 Å². The lowest BCUT2D eigenvalue weighted by atomic mass is 10.1. The number of carbonyl (C=O) groups excluding carboxylic acids is 2. The average Bonchev–Trinajstić information content (AvgIpc) is 2.79. The Morgan fingerprint density at radius 3 is 2.35 bits per heavy atom. The first-order chi connectivity index (χ1) is 15.0. The fourth-order valence-corrected chi connectivity index (χ4v) is 2.97. The van der Waals surface area contributed by atoms with E-state index in [0.29, 0.717) is 28.3 Å². The number of benzene rings is 3. The van der Waals surface area contributed by atoms with Crippen molar-refractivity contribution in [1.82, 2.24) is 0 Å². The summed E-state index contributed by atoms with van der Waals surface area (Å²) in [6.45, 7) is 0. The van der Waals surface area contributed by atoms with Gasteiger partial charge in [-0.25, -0.2) is 4.79 Å². The van der Waals surface area contributed by atoms with E-state index in [4.69, 9.17) is 9.47 Å². The number of nitriles is 1. The minimum absolute atomic E-state index is 0.0721. The van der Waals surface area contributed by atoms with Crippen molar-refractivity contribution < 1.29 is 19.1 Å². The monoisotopic (exact) mass is 524 g/mol. The van der Waals surface area contributed by atoms with Crippen molar-refractivity contribution in [3.05, 3.63) is 93.1 Å². The van der Waals surface area contributed by atoms with Crippen LogP contribution in [0.5, 0.6) is 11.5 Å². The van der Waals surface area contributed by atoms with E-state index in [0.717, 1.165) is 3.57 Å². The molecule has 0 unspecified atom stereocenters. The van der Waals surface area contributed by atoms with Gasteiger partial charge in [-0.05, 0) is 94.9 Å². The van der Waals surface area contributed by atoms with Gasteiger partial charge in [-0.1, -0.05) is 12.1 Å². The largest absolute Gasteiger partial charge is 0.497 e. The van der Waals surface area contributed by atoms with Crippen molar-refractivity contribution in [1.29, 1.82) is 5.26 Å². The summed E-state index contributed by atoms with van der Waals surface area (Å²) in [4.78, 5) is 24.8. The summed E-state index contributed by atoms with van der Waals surface area (Å²) in [6, 6.07) is 22.3. The Balaban J connectivity index is 1.73. The molecule has 0 aliphatic carbocycles. The van der Waals surface area contributed by atoms with E-state index in [-0.39, 0.29) is 5.57 Å². The predicted molar refractivity (Wildman–Crippen MR) is 126 cm³/mol. The summed E-state index contributed by atoms with van der Waals surface area (Å²) in [5.41, 5.74) is 1.44. The van der Waals surface area contributed by atoms with Crippen LogP contribution in [0.1, 0.15) is 15.9 Å². The number of methoxy groups -OCH3 is 1. The molecule has 0 aliphatic rings. The zero-order valence-electron chi connectivity index (χ0n) is 16.5. The number of hydrogen-bond donors (Lipinski definition) is 1. The van der Waals surface area contributed by atoms with Crippen LogP contribution in [-0.4, -0.2) is 19.0 Å². The molecule has 1 amide bonds. The first kappa shape index (κ1) is 22.1. The Hall–Kier alpha value is -3.64. The van der Waals surface area contributed by atoms with Gasteiger partial charge in [-0.3, -0.25) is 4.79 Å². The number of anilines is 1. The lowest BCUT2D eigenvalue weighted by Crippen LogP contribution is -2.13. The quantitative estimate of drug-likeness (QED) is 0.160. The van der Waals surface area contributed by atoms with Crippen molar-refractivity contribution in [3.8, 4) is 17.6 Å².